The fourth-order valence-corrected chi connectivity index (χ4v) is 2.65. The van der Waals surface area contributed by atoms with Gasteiger partial charge in [-0.3, -0.25) is 9.48 Å². The number of methoxy groups -OCH3 is 1. The van der Waals surface area contributed by atoms with E-state index in [-0.39, 0.29) is 30.4 Å². The van der Waals surface area contributed by atoms with Gasteiger partial charge in [0.25, 0.3) is 5.91 Å². The van der Waals surface area contributed by atoms with Crippen LogP contribution in [0.1, 0.15) is 44.0 Å². The molecule has 0 spiro atoms. The van der Waals surface area contributed by atoms with Gasteiger partial charge in [-0.1, -0.05) is 0 Å². The SMILES string of the molecule is CCOC(=O)c1cnn(C)c1NC(=O)c1ccc(COc2ccc(C(=O)OC)cc2)o1. The van der Waals surface area contributed by atoms with E-state index < -0.39 is 17.8 Å². The highest BCUT2D eigenvalue weighted by atomic mass is 16.5. The molecule has 31 heavy (non-hydrogen) atoms. The van der Waals surface area contributed by atoms with Crippen molar-refractivity contribution in [2.45, 2.75) is 13.5 Å². The summed E-state index contributed by atoms with van der Waals surface area (Å²) < 4.78 is 22.1. The largest absolute Gasteiger partial charge is 0.486 e. The first-order valence-electron chi connectivity index (χ1n) is 9.33. The van der Waals surface area contributed by atoms with Crippen LogP contribution in [0.2, 0.25) is 0 Å². The molecule has 0 atom stereocenters. The number of amides is 1. The number of carbonyl (C=O) groups is 3. The summed E-state index contributed by atoms with van der Waals surface area (Å²) in [7, 11) is 2.90. The van der Waals surface area contributed by atoms with Crippen LogP contribution in [0, 0.1) is 0 Å². The van der Waals surface area contributed by atoms with Gasteiger partial charge in [0.05, 0.1) is 25.5 Å². The zero-order valence-corrected chi connectivity index (χ0v) is 17.2. The minimum Gasteiger partial charge on any atom is -0.486 e. The molecule has 0 bridgehead atoms. The molecule has 1 aromatic carbocycles. The van der Waals surface area contributed by atoms with Crippen molar-refractivity contribution >= 4 is 23.7 Å². The number of hydrogen-bond acceptors (Lipinski definition) is 8. The second kappa shape index (κ2) is 9.61. The first kappa shape index (κ1) is 21.6. The van der Waals surface area contributed by atoms with Gasteiger partial charge in [-0.25, -0.2) is 9.59 Å². The van der Waals surface area contributed by atoms with Crippen LogP contribution in [-0.2, 0) is 23.1 Å². The van der Waals surface area contributed by atoms with Crippen molar-refractivity contribution in [3.05, 3.63) is 65.2 Å². The molecule has 0 aliphatic heterocycles. The number of aryl methyl sites for hydroxylation is 1. The van der Waals surface area contributed by atoms with E-state index in [1.54, 1.807) is 44.3 Å². The van der Waals surface area contributed by atoms with Gasteiger partial charge in [0.1, 0.15) is 29.5 Å². The monoisotopic (exact) mass is 427 g/mol. The third-order valence-electron chi connectivity index (χ3n) is 4.21. The molecule has 2 aromatic heterocycles. The zero-order valence-electron chi connectivity index (χ0n) is 17.2. The number of anilines is 1. The van der Waals surface area contributed by atoms with Gasteiger partial charge in [0, 0.05) is 7.05 Å². The molecule has 1 N–H and O–H groups in total. The van der Waals surface area contributed by atoms with Crippen molar-refractivity contribution in [1.82, 2.24) is 9.78 Å². The van der Waals surface area contributed by atoms with Crippen LogP contribution in [0.15, 0.2) is 47.0 Å². The number of rotatable bonds is 8. The molecule has 0 saturated heterocycles. The summed E-state index contributed by atoms with van der Waals surface area (Å²) in [6.45, 7) is 1.96. The van der Waals surface area contributed by atoms with Crippen LogP contribution in [0.4, 0.5) is 5.82 Å². The number of ether oxygens (including phenoxy) is 3. The van der Waals surface area contributed by atoms with Gasteiger partial charge in [0.2, 0.25) is 0 Å². The van der Waals surface area contributed by atoms with Crippen LogP contribution in [0.3, 0.4) is 0 Å². The molecule has 3 rings (SSSR count). The Bertz CT molecular complexity index is 1080. The van der Waals surface area contributed by atoms with Crippen LogP contribution < -0.4 is 10.1 Å². The Hall–Kier alpha value is -4.08. The summed E-state index contributed by atoms with van der Waals surface area (Å²) in [5.74, 6) is -0.408. The maximum Gasteiger partial charge on any atom is 0.343 e. The van der Waals surface area contributed by atoms with E-state index >= 15 is 0 Å². The Kier molecular flexibility index (Phi) is 6.71. The second-order valence-corrected chi connectivity index (χ2v) is 6.28. The number of furan rings is 1. The van der Waals surface area contributed by atoms with Crippen LogP contribution in [-0.4, -0.2) is 41.3 Å². The standard InChI is InChI=1S/C21H21N3O7/c1-4-29-21(27)16-11-22-24(2)18(16)23-19(25)17-10-9-15(31-17)12-30-14-7-5-13(6-8-14)20(26)28-3/h5-11H,4,12H2,1-3H3,(H,23,25). The molecule has 0 saturated carbocycles. The van der Waals surface area contributed by atoms with Gasteiger partial charge < -0.3 is 23.9 Å². The van der Waals surface area contributed by atoms with Gasteiger partial charge in [0.15, 0.2) is 5.76 Å². The smallest absolute Gasteiger partial charge is 0.343 e. The summed E-state index contributed by atoms with van der Waals surface area (Å²) in [6, 6.07) is 9.51. The lowest BCUT2D eigenvalue weighted by molar-refractivity contribution is 0.0526. The lowest BCUT2D eigenvalue weighted by atomic mass is 10.2. The molecule has 0 radical (unpaired) electrons. The fourth-order valence-electron chi connectivity index (χ4n) is 2.65. The Labute approximate surface area is 177 Å². The van der Waals surface area contributed by atoms with E-state index in [0.29, 0.717) is 17.1 Å². The van der Waals surface area contributed by atoms with E-state index in [1.807, 2.05) is 0 Å². The van der Waals surface area contributed by atoms with E-state index in [1.165, 1.54) is 24.1 Å². The number of aromatic nitrogens is 2. The topological polar surface area (TPSA) is 122 Å². The van der Waals surface area contributed by atoms with Crippen molar-refractivity contribution in [2.75, 3.05) is 19.0 Å². The minimum atomic E-state index is -0.586. The van der Waals surface area contributed by atoms with Crippen molar-refractivity contribution in [2.24, 2.45) is 7.05 Å². The van der Waals surface area contributed by atoms with Gasteiger partial charge in [-0.05, 0) is 43.3 Å². The number of hydrogen-bond donors (Lipinski definition) is 1. The third kappa shape index (κ3) is 5.10. The molecule has 3 aromatic rings. The Morgan fingerprint density at radius 3 is 2.52 bits per heavy atom. The number of benzene rings is 1. The molecular weight excluding hydrogens is 406 g/mol. The van der Waals surface area contributed by atoms with Gasteiger partial charge >= 0.3 is 11.9 Å². The highest BCUT2D eigenvalue weighted by Gasteiger charge is 2.21. The summed E-state index contributed by atoms with van der Waals surface area (Å²) in [5.41, 5.74) is 0.548. The molecule has 0 aliphatic carbocycles. The predicted molar refractivity (Wildman–Crippen MR) is 108 cm³/mol. The van der Waals surface area contributed by atoms with E-state index in [0.717, 1.165) is 0 Å². The molecular formula is C21H21N3O7. The lowest BCUT2D eigenvalue weighted by Gasteiger charge is -2.07. The molecule has 0 unspecified atom stereocenters. The molecule has 162 valence electrons. The van der Waals surface area contributed by atoms with E-state index in [4.69, 9.17) is 13.9 Å². The Morgan fingerprint density at radius 1 is 1.10 bits per heavy atom. The molecule has 2 heterocycles. The molecule has 10 nitrogen and oxygen atoms in total. The van der Waals surface area contributed by atoms with Crippen molar-refractivity contribution < 1.29 is 33.0 Å². The number of nitrogens with one attached hydrogen (secondary N) is 1. The first-order valence-corrected chi connectivity index (χ1v) is 9.33. The van der Waals surface area contributed by atoms with Crippen molar-refractivity contribution in [1.29, 1.82) is 0 Å². The van der Waals surface area contributed by atoms with Crippen LogP contribution in [0.25, 0.3) is 0 Å². The third-order valence-corrected chi connectivity index (χ3v) is 4.21. The van der Waals surface area contributed by atoms with Crippen molar-refractivity contribution in [3.8, 4) is 5.75 Å². The lowest BCUT2D eigenvalue weighted by Crippen LogP contribution is -2.17. The normalized spacial score (nSPS) is 10.4. The predicted octanol–water partition coefficient (Wildman–Crippen LogP) is 2.81. The van der Waals surface area contributed by atoms with E-state index in [9.17, 15) is 14.4 Å². The average molecular weight is 427 g/mol. The summed E-state index contributed by atoms with van der Waals surface area (Å²) >= 11 is 0. The molecule has 10 heteroatoms. The molecule has 0 fully saturated rings. The maximum atomic E-state index is 12.5. The summed E-state index contributed by atoms with van der Waals surface area (Å²) in [5, 5.41) is 6.59. The Balaban J connectivity index is 1.62. The number of carbonyl (C=O) groups excluding carboxylic acids is 3. The molecule has 0 aliphatic rings. The zero-order chi connectivity index (χ0) is 22.4. The van der Waals surface area contributed by atoms with Crippen molar-refractivity contribution in [3.63, 3.8) is 0 Å². The highest BCUT2D eigenvalue weighted by molar-refractivity contribution is 6.05. The minimum absolute atomic E-state index is 0.0376. The Morgan fingerprint density at radius 2 is 1.84 bits per heavy atom. The fraction of sp³-hybridized carbons (Fsp3) is 0.238. The number of esters is 2. The maximum absolute atomic E-state index is 12.5. The van der Waals surface area contributed by atoms with Crippen LogP contribution >= 0.6 is 0 Å². The quantitative estimate of drug-likeness (QED) is 0.545. The second-order valence-electron chi connectivity index (χ2n) is 6.28. The molecule has 1 amide bonds. The van der Waals surface area contributed by atoms with E-state index in [2.05, 4.69) is 15.2 Å². The average Bonchev–Trinajstić information content (AvgIpc) is 3.39. The summed E-state index contributed by atoms with van der Waals surface area (Å²) in [6.07, 6.45) is 1.32. The number of nitrogens with zero attached hydrogens (tertiary/aromatic N) is 2. The van der Waals surface area contributed by atoms with Gasteiger partial charge in [-0.2, -0.15) is 5.10 Å². The highest BCUT2D eigenvalue weighted by Crippen LogP contribution is 2.19. The van der Waals surface area contributed by atoms with Crippen LogP contribution in [0.5, 0.6) is 5.75 Å². The first-order chi connectivity index (χ1) is 14.9. The summed E-state index contributed by atoms with van der Waals surface area (Å²) in [4.78, 5) is 36.0. The van der Waals surface area contributed by atoms with Gasteiger partial charge in [-0.15, -0.1) is 0 Å².